The summed E-state index contributed by atoms with van der Waals surface area (Å²) in [4.78, 5) is 27.1. The van der Waals surface area contributed by atoms with Crippen molar-refractivity contribution in [1.82, 2.24) is 10.3 Å². The summed E-state index contributed by atoms with van der Waals surface area (Å²) in [5.41, 5.74) is 1.40. The molecule has 2 heterocycles. The van der Waals surface area contributed by atoms with Crippen molar-refractivity contribution >= 4 is 23.0 Å². The Balaban J connectivity index is 2.12. The van der Waals surface area contributed by atoms with E-state index in [0.29, 0.717) is 17.5 Å². The Morgan fingerprint density at radius 2 is 2.10 bits per heavy atom. The number of nitrogens with one attached hydrogen (secondary N) is 1. The number of aryl methyl sites for hydroxylation is 1. The number of rotatable bonds is 5. The fraction of sp³-hybridized carbons (Fsp3) is 0.400. The molecule has 6 heteroatoms. The smallest absolute Gasteiger partial charge is 0.303 e. The van der Waals surface area contributed by atoms with E-state index in [1.54, 1.807) is 26.0 Å². The minimum Gasteiger partial charge on any atom is -0.481 e. The summed E-state index contributed by atoms with van der Waals surface area (Å²) < 4.78 is 5.47. The van der Waals surface area contributed by atoms with Gasteiger partial charge in [-0.1, -0.05) is 0 Å². The van der Waals surface area contributed by atoms with E-state index in [9.17, 15) is 9.59 Å². The molecule has 2 N–H and O–H groups in total. The number of amides is 1. The monoisotopic (exact) mass is 290 g/mol. The van der Waals surface area contributed by atoms with Crippen LogP contribution in [0.2, 0.25) is 0 Å². The standard InChI is InChI=1S/C15H18N2O4/c1-9-4-5-11-10(16-9)8-12(21-11)14(20)17-15(2,3)7-6-13(18)19/h4-5,8H,6-7H2,1-3H3,(H,17,20)(H,18,19). The lowest BCUT2D eigenvalue weighted by Gasteiger charge is -2.24. The fourth-order valence-corrected chi connectivity index (χ4v) is 1.99. The molecule has 0 atom stereocenters. The van der Waals surface area contributed by atoms with Crippen LogP contribution >= 0.6 is 0 Å². The minimum absolute atomic E-state index is 0.00579. The summed E-state index contributed by atoms with van der Waals surface area (Å²) in [5, 5.41) is 11.5. The van der Waals surface area contributed by atoms with Crippen LogP contribution < -0.4 is 5.32 Å². The molecule has 2 rings (SSSR count). The molecule has 0 saturated heterocycles. The predicted octanol–water partition coefficient (Wildman–Crippen LogP) is 2.51. The number of aliphatic carboxylic acids is 1. The quantitative estimate of drug-likeness (QED) is 0.882. The van der Waals surface area contributed by atoms with Gasteiger partial charge in [-0.05, 0) is 39.3 Å². The number of furan rings is 1. The van der Waals surface area contributed by atoms with E-state index in [1.807, 2.05) is 13.0 Å². The number of nitrogens with zero attached hydrogens (tertiary/aromatic N) is 1. The predicted molar refractivity (Wildman–Crippen MR) is 77.2 cm³/mol. The number of carbonyl (C=O) groups excluding carboxylic acids is 1. The second-order valence-electron chi connectivity index (χ2n) is 5.68. The molecule has 2 aromatic heterocycles. The van der Waals surface area contributed by atoms with Crippen LogP contribution in [0.3, 0.4) is 0 Å². The zero-order valence-electron chi connectivity index (χ0n) is 12.3. The van der Waals surface area contributed by atoms with Crippen LogP contribution in [-0.4, -0.2) is 27.5 Å². The molecule has 21 heavy (non-hydrogen) atoms. The maximum atomic E-state index is 12.2. The lowest BCUT2D eigenvalue weighted by atomic mass is 9.98. The lowest BCUT2D eigenvalue weighted by Crippen LogP contribution is -2.43. The number of fused-ring (bicyclic) bond motifs is 1. The van der Waals surface area contributed by atoms with Gasteiger partial charge < -0.3 is 14.8 Å². The average molecular weight is 290 g/mol. The van der Waals surface area contributed by atoms with Gasteiger partial charge in [-0.25, -0.2) is 4.98 Å². The minimum atomic E-state index is -0.888. The molecule has 0 aromatic carbocycles. The summed E-state index contributed by atoms with van der Waals surface area (Å²) in [5.74, 6) is -1.09. The molecule has 1 amide bonds. The van der Waals surface area contributed by atoms with Crippen LogP contribution in [0.4, 0.5) is 0 Å². The SMILES string of the molecule is Cc1ccc2oc(C(=O)NC(C)(C)CCC(=O)O)cc2n1. The first kappa shape index (κ1) is 15.0. The Kier molecular flexibility index (Phi) is 3.97. The molecule has 0 radical (unpaired) electrons. The number of carbonyl (C=O) groups is 2. The largest absolute Gasteiger partial charge is 0.481 e. The maximum absolute atomic E-state index is 12.2. The van der Waals surface area contributed by atoms with Crippen LogP contribution in [-0.2, 0) is 4.79 Å². The van der Waals surface area contributed by atoms with Crippen molar-refractivity contribution < 1.29 is 19.1 Å². The Labute approximate surface area is 122 Å². The van der Waals surface area contributed by atoms with Gasteiger partial charge >= 0.3 is 5.97 Å². The van der Waals surface area contributed by atoms with Gasteiger partial charge in [0.05, 0.1) is 0 Å². The van der Waals surface area contributed by atoms with Crippen molar-refractivity contribution in [3.63, 3.8) is 0 Å². The lowest BCUT2D eigenvalue weighted by molar-refractivity contribution is -0.137. The molecule has 0 unspecified atom stereocenters. The molecule has 0 aliphatic heterocycles. The van der Waals surface area contributed by atoms with Crippen molar-refractivity contribution in [2.45, 2.75) is 39.2 Å². The summed E-state index contributed by atoms with van der Waals surface area (Å²) in [6.07, 6.45) is 0.333. The normalized spacial score (nSPS) is 11.6. The zero-order valence-corrected chi connectivity index (χ0v) is 12.3. The van der Waals surface area contributed by atoms with E-state index in [2.05, 4.69) is 10.3 Å². The first-order valence-electron chi connectivity index (χ1n) is 6.68. The molecule has 6 nitrogen and oxygen atoms in total. The van der Waals surface area contributed by atoms with E-state index in [4.69, 9.17) is 9.52 Å². The Bertz CT molecular complexity index is 688. The van der Waals surface area contributed by atoms with Crippen LogP contribution in [0.5, 0.6) is 0 Å². The molecule has 0 aliphatic rings. The summed E-state index contributed by atoms with van der Waals surface area (Å²) in [6.45, 7) is 5.42. The molecule has 0 fully saturated rings. The molecule has 0 spiro atoms. The Morgan fingerprint density at radius 3 is 2.76 bits per heavy atom. The van der Waals surface area contributed by atoms with Crippen LogP contribution in [0.25, 0.3) is 11.1 Å². The van der Waals surface area contributed by atoms with Crippen LogP contribution in [0, 0.1) is 6.92 Å². The third-order valence-electron chi connectivity index (χ3n) is 3.15. The van der Waals surface area contributed by atoms with Gasteiger partial charge in [-0.2, -0.15) is 0 Å². The van der Waals surface area contributed by atoms with Gasteiger partial charge in [0.2, 0.25) is 0 Å². The van der Waals surface area contributed by atoms with Gasteiger partial charge in [-0.15, -0.1) is 0 Å². The Hall–Kier alpha value is -2.37. The molecule has 112 valence electrons. The highest BCUT2D eigenvalue weighted by Crippen LogP contribution is 2.19. The highest BCUT2D eigenvalue weighted by Gasteiger charge is 2.24. The van der Waals surface area contributed by atoms with Crippen molar-refractivity contribution in [2.75, 3.05) is 0 Å². The molecule has 0 bridgehead atoms. The van der Waals surface area contributed by atoms with E-state index in [0.717, 1.165) is 5.69 Å². The third kappa shape index (κ3) is 3.81. The number of carboxylic acid groups (broad SMARTS) is 1. The van der Waals surface area contributed by atoms with Gasteiger partial charge in [0, 0.05) is 23.7 Å². The second kappa shape index (κ2) is 5.55. The number of pyridine rings is 1. The number of carboxylic acids is 1. The van der Waals surface area contributed by atoms with Gasteiger partial charge in [0.1, 0.15) is 5.52 Å². The van der Waals surface area contributed by atoms with Crippen LogP contribution in [0.15, 0.2) is 22.6 Å². The topological polar surface area (TPSA) is 92.4 Å². The number of aromatic nitrogens is 1. The highest BCUT2D eigenvalue weighted by atomic mass is 16.4. The molecule has 2 aromatic rings. The maximum Gasteiger partial charge on any atom is 0.303 e. The molecular formula is C15H18N2O4. The number of hydrogen-bond acceptors (Lipinski definition) is 4. The van der Waals surface area contributed by atoms with Crippen molar-refractivity contribution in [2.24, 2.45) is 0 Å². The van der Waals surface area contributed by atoms with Crippen molar-refractivity contribution in [3.05, 3.63) is 29.7 Å². The van der Waals surface area contributed by atoms with Gasteiger partial charge in [0.25, 0.3) is 5.91 Å². The first-order valence-corrected chi connectivity index (χ1v) is 6.68. The van der Waals surface area contributed by atoms with Gasteiger partial charge in [-0.3, -0.25) is 9.59 Å². The van der Waals surface area contributed by atoms with E-state index in [-0.39, 0.29) is 18.1 Å². The molecule has 0 saturated carbocycles. The van der Waals surface area contributed by atoms with Gasteiger partial charge in [0.15, 0.2) is 11.3 Å². The first-order chi connectivity index (χ1) is 9.77. The summed E-state index contributed by atoms with van der Waals surface area (Å²) in [6, 6.07) is 5.17. The van der Waals surface area contributed by atoms with E-state index in [1.165, 1.54) is 0 Å². The summed E-state index contributed by atoms with van der Waals surface area (Å²) >= 11 is 0. The third-order valence-corrected chi connectivity index (χ3v) is 3.15. The fourth-order valence-electron chi connectivity index (χ4n) is 1.99. The average Bonchev–Trinajstić information content (AvgIpc) is 2.79. The van der Waals surface area contributed by atoms with E-state index >= 15 is 0 Å². The van der Waals surface area contributed by atoms with Crippen LogP contribution in [0.1, 0.15) is 42.9 Å². The Morgan fingerprint density at radius 1 is 1.38 bits per heavy atom. The molecule has 0 aliphatic carbocycles. The second-order valence-corrected chi connectivity index (χ2v) is 5.68. The number of hydrogen-bond donors (Lipinski definition) is 2. The van der Waals surface area contributed by atoms with E-state index < -0.39 is 11.5 Å². The highest BCUT2D eigenvalue weighted by molar-refractivity contribution is 5.95. The van der Waals surface area contributed by atoms with Crippen molar-refractivity contribution in [1.29, 1.82) is 0 Å². The molecular weight excluding hydrogens is 272 g/mol. The summed E-state index contributed by atoms with van der Waals surface area (Å²) in [7, 11) is 0. The zero-order chi connectivity index (χ0) is 15.6. The van der Waals surface area contributed by atoms with Crippen molar-refractivity contribution in [3.8, 4) is 0 Å².